The summed E-state index contributed by atoms with van der Waals surface area (Å²) >= 11 is 7.36. The van der Waals surface area contributed by atoms with E-state index in [1.54, 1.807) is 19.2 Å². The Morgan fingerprint density at radius 1 is 1.13 bits per heavy atom. The van der Waals surface area contributed by atoms with E-state index >= 15 is 0 Å². The normalized spacial score (nSPS) is 10.5. The van der Waals surface area contributed by atoms with Gasteiger partial charge >= 0.3 is 0 Å². The van der Waals surface area contributed by atoms with Crippen molar-refractivity contribution in [3.05, 3.63) is 70.2 Å². The largest absolute Gasteiger partial charge is 0.497 e. The Balaban J connectivity index is 1.53. The molecule has 0 bridgehead atoms. The van der Waals surface area contributed by atoms with Gasteiger partial charge in [-0.15, -0.1) is 11.3 Å². The van der Waals surface area contributed by atoms with Gasteiger partial charge in [-0.25, -0.2) is 4.98 Å². The van der Waals surface area contributed by atoms with Crippen molar-refractivity contribution in [2.75, 3.05) is 20.2 Å². The summed E-state index contributed by atoms with van der Waals surface area (Å²) in [7, 11) is 1.62. The Bertz CT molecular complexity index is 1020. The summed E-state index contributed by atoms with van der Waals surface area (Å²) in [6.45, 7) is 2.70. The first-order chi connectivity index (χ1) is 15.0. The predicted octanol–water partition coefficient (Wildman–Crippen LogP) is 4.18. The van der Waals surface area contributed by atoms with Crippen molar-refractivity contribution >= 4 is 34.8 Å². The smallest absolute Gasteiger partial charge is 0.239 e. The number of halogens is 1. The third kappa shape index (κ3) is 6.54. The molecule has 6 nitrogen and oxygen atoms in total. The number of carbonyl (C=O) groups is 2. The number of hydrogen-bond acceptors (Lipinski definition) is 5. The molecule has 8 heteroatoms. The number of rotatable bonds is 9. The van der Waals surface area contributed by atoms with Gasteiger partial charge in [0.25, 0.3) is 0 Å². The molecule has 0 atom stereocenters. The monoisotopic (exact) mass is 457 g/mol. The van der Waals surface area contributed by atoms with Crippen LogP contribution < -0.4 is 10.1 Å². The minimum Gasteiger partial charge on any atom is -0.497 e. The van der Waals surface area contributed by atoms with Crippen molar-refractivity contribution < 1.29 is 14.3 Å². The second kappa shape index (κ2) is 10.9. The van der Waals surface area contributed by atoms with E-state index in [0.29, 0.717) is 23.8 Å². The lowest BCUT2D eigenvalue weighted by molar-refractivity contribution is -0.135. The van der Waals surface area contributed by atoms with Crippen LogP contribution in [0.4, 0.5) is 0 Å². The van der Waals surface area contributed by atoms with Crippen LogP contribution in [0.2, 0.25) is 5.02 Å². The molecule has 1 N–H and O–H groups in total. The first kappa shape index (κ1) is 22.8. The molecule has 162 valence electrons. The topological polar surface area (TPSA) is 71.5 Å². The van der Waals surface area contributed by atoms with Crippen LogP contribution in [0.15, 0.2) is 53.9 Å². The molecule has 3 rings (SSSR count). The van der Waals surface area contributed by atoms with E-state index in [1.165, 1.54) is 16.2 Å². The number of nitrogens with one attached hydrogen (secondary N) is 1. The highest BCUT2D eigenvalue weighted by Crippen LogP contribution is 2.26. The fourth-order valence-corrected chi connectivity index (χ4v) is 3.88. The minimum absolute atomic E-state index is 0.0123. The minimum atomic E-state index is -0.206. The molecule has 0 aliphatic carbocycles. The van der Waals surface area contributed by atoms with Crippen molar-refractivity contribution in [1.82, 2.24) is 15.2 Å². The van der Waals surface area contributed by atoms with Crippen molar-refractivity contribution in [2.24, 2.45) is 0 Å². The van der Waals surface area contributed by atoms with Gasteiger partial charge in [0.05, 0.1) is 25.8 Å². The van der Waals surface area contributed by atoms with Crippen LogP contribution in [0.5, 0.6) is 5.75 Å². The molecule has 0 fully saturated rings. The third-order valence-corrected chi connectivity index (χ3v) is 5.89. The average molecular weight is 458 g/mol. The fraction of sp³-hybridized carbons (Fsp3) is 0.261. The first-order valence-corrected chi connectivity index (χ1v) is 11.1. The highest BCUT2D eigenvalue weighted by Gasteiger charge is 2.17. The molecule has 0 aliphatic heterocycles. The number of hydrogen-bond donors (Lipinski definition) is 1. The van der Waals surface area contributed by atoms with E-state index in [0.717, 1.165) is 21.9 Å². The number of aromatic nitrogens is 1. The number of carbonyl (C=O) groups excluding carboxylic acids is 2. The number of benzene rings is 2. The van der Waals surface area contributed by atoms with Gasteiger partial charge in [0.2, 0.25) is 11.8 Å². The maximum Gasteiger partial charge on any atom is 0.239 e. The van der Waals surface area contributed by atoms with Gasteiger partial charge in [-0.05, 0) is 48.9 Å². The van der Waals surface area contributed by atoms with Crippen molar-refractivity contribution in [3.63, 3.8) is 0 Å². The molecule has 3 aromatic rings. The first-order valence-electron chi connectivity index (χ1n) is 9.86. The molecule has 2 aromatic carbocycles. The average Bonchev–Trinajstić information content (AvgIpc) is 3.25. The van der Waals surface area contributed by atoms with Crippen molar-refractivity contribution in [1.29, 1.82) is 0 Å². The maximum absolute atomic E-state index is 12.7. The molecular formula is C23H24ClN3O3S. The van der Waals surface area contributed by atoms with E-state index < -0.39 is 0 Å². The number of likely N-dealkylation sites (N-methyl/N-ethyl adjacent to an activating group) is 1. The number of thiazole rings is 1. The molecule has 0 spiro atoms. The standard InChI is InChI=1S/C23H24ClN3O3S/c1-3-27(14-21(28)25-13-16-4-8-18(24)9-5-16)22(29)12-19-15-31-23(26-19)17-6-10-20(30-2)11-7-17/h4-11,15H,3,12-14H2,1-2H3,(H,25,28). The van der Waals surface area contributed by atoms with Crippen LogP contribution in [0, 0.1) is 0 Å². The summed E-state index contributed by atoms with van der Waals surface area (Å²) < 4.78 is 5.18. The zero-order chi connectivity index (χ0) is 22.2. The van der Waals surface area contributed by atoms with Gasteiger partial charge in [0.1, 0.15) is 10.8 Å². The lowest BCUT2D eigenvalue weighted by Crippen LogP contribution is -2.41. The molecule has 31 heavy (non-hydrogen) atoms. The van der Waals surface area contributed by atoms with Crippen molar-refractivity contribution in [2.45, 2.75) is 19.9 Å². The second-order valence-corrected chi connectivity index (χ2v) is 8.15. The van der Waals surface area contributed by atoms with Gasteiger partial charge in [0, 0.05) is 29.1 Å². The van der Waals surface area contributed by atoms with Gasteiger partial charge in [-0.3, -0.25) is 9.59 Å². The fourth-order valence-electron chi connectivity index (χ4n) is 2.93. The number of amides is 2. The van der Waals surface area contributed by atoms with Crippen LogP contribution in [0.25, 0.3) is 10.6 Å². The molecular weight excluding hydrogens is 434 g/mol. The number of nitrogens with zero attached hydrogens (tertiary/aromatic N) is 2. The van der Waals surface area contributed by atoms with Crippen LogP contribution in [0.1, 0.15) is 18.2 Å². The van der Waals surface area contributed by atoms with Crippen LogP contribution in [-0.4, -0.2) is 41.9 Å². The van der Waals surface area contributed by atoms with Crippen LogP contribution >= 0.6 is 22.9 Å². The Hall–Kier alpha value is -2.90. The SMILES string of the molecule is CCN(CC(=O)NCc1ccc(Cl)cc1)C(=O)Cc1csc(-c2ccc(OC)cc2)n1. The van der Waals surface area contributed by atoms with E-state index in [4.69, 9.17) is 16.3 Å². The summed E-state index contributed by atoms with van der Waals surface area (Å²) in [6.07, 6.45) is 0.158. The molecule has 0 saturated heterocycles. The summed E-state index contributed by atoms with van der Waals surface area (Å²) in [4.78, 5) is 31.1. The third-order valence-electron chi connectivity index (χ3n) is 4.69. The molecule has 1 heterocycles. The van der Waals surface area contributed by atoms with Crippen LogP contribution in [-0.2, 0) is 22.6 Å². The summed E-state index contributed by atoms with van der Waals surface area (Å²) in [5.41, 5.74) is 2.61. The highest BCUT2D eigenvalue weighted by atomic mass is 35.5. The van der Waals surface area contributed by atoms with Gasteiger partial charge < -0.3 is 15.0 Å². The lowest BCUT2D eigenvalue weighted by atomic mass is 10.2. The number of ether oxygens (including phenoxy) is 1. The Labute approximate surface area is 190 Å². The molecule has 0 unspecified atom stereocenters. The Morgan fingerprint density at radius 3 is 2.48 bits per heavy atom. The molecule has 0 aliphatic rings. The number of methoxy groups -OCH3 is 1. The molecule has 2 amide bonds. The van der Waals surface area contributed by atoms with Crippen LogP contribution in [0.3, 0.4) is 0 Å². The lowest BCUT2D eigenvalue weighted by Gasteiger charge is -2.20. The summed E-state index contributed by atoms with van der Waals surface area (Å²) in [5, 5.41) is 6.21. The Kier molecular flexibility index (Phi) is 8.03. The summed E-state index contributed by atoms with van der Waals surface area (Å²) in [5.74, 6) is 0.446. The van der Waals surface area contributed by atoms with Gasteiger partial charge in [-0.1, -0.05) is 23.7 Å². The quantitative estimate of drug-likeness (QED) is 0.523. The highest BCUT2D eigenvalue weighted by molar-refractivity contribution is 7.13. The van der Waals surface area contributed by atoms with E-state index in [1.807, 2.05) is 48.7 Å². The molecule has 1 aromatic heterocycles. The Morgan fingerprint density at radius 2 is 1.84 bits per heavy atom. The molecule has 0 saturated carbocycles. The predicted molar refractivity (Wildman–Crippen MR) is 123 cm³/mol. The van der Waals surface area contributed by atoms with E-state index in [9.17, 15) is 9.59 Å². The van der Waals surface area contributed by atoms with Gasteiger partial charge in [-0.2, -0.15) is 0 Å². The summed E-state index contributed by atoms with van der Waals surface area (Å²) in [6, 6.07) is 14.9. The second-order valence-electron chi connectivity index (χ2n) is 6.86. The van der Waals surface area contributed by atoms with E-state index in [2.05, 4.69) is 10.3 Å². The van der Waals surface area contributed by atoms with E-state index in [-0.39, 0.29) is 24.8 Å². The van der Waals surface area contributed by atoms with Gasteiger partial charge in [0.15, 0.2) is 0 Å². The zero-order valence-electron chi connectivity index (χ0n) is 17.4. The molecule has 0 radical (unpaired) electrons. The maximum atomic E-state index is 12.7. The van der Waals surface area contributed by atoms with Crippen molar-refractivity contribution in [3.8, 4) is 16.3 Å². The zero-order valence-corrected chi connectivity index (χ0v) is 19.0.